The van der Waals surface area contributed by atoms with Gasteiger partial charge in [0.2, 0.25) is 0 Å². The van der Waals surface area contributed by atoms with E-state index in [-0.39, 0.29) is 59.4 Å². The molecule has 9 saturated carbocycles. The molecule has 0 aliphatic heterocycles. The molecule has 13 heteroatoms. The molecule has 9 aliphatic rings. The lowest BCUT2D eigenvalue weighted by Gasteiger charge is -2.58. The van der Waals surface area contributed by atoms with Crippen molar-refractivity contribution in [1.82, 2.24) is 4.90 Å². The standard InChI is InChI=1S/C33H60O.C18H36O2.C13H24O3.C11H23NO.C11H20O3.C10H20OS/c1-31(2,24-16-10-7-11-17-24)27-22-28(32(3,4)25-18-12-8-13-19-25)30(34)29(23-27)33(5,6)26-20-14-9-15-21-26;1-4-5-6-7-8-9-11-20-12-10-17-13-15(2)18(19)16(3)14-17;1-4-16-12(14)6-5-11-7-9(2)13(15)10(3)8-11;1-8-5-10(7-12(3)4)6-9(2)11(8)13;1-7-4-10(6-14-9(3)12)5-8(2)11(7)13;1-7-4-9(6-12-3)5-8(2)10(7)11/h24-30,34H,7-23H2,1-6H3;15-19H,4-14H2,1-3H3;9-11,13,15H,4-8H2,1-3H3;8-11,13H,5-7H2,1-4H3;7-8,10-11,13H,4-6H2,1-3H3;7-11H,4-6H2,1-3H3. The van der Waals surface area contributed by atoms with Gasteiger partial charge in [-0.15, -0.1) is 0 Å². The summed E-state index contributed by atoms with van der Waals surface area (Å²) in [5.74, 6) is 12.8. The van der Waals surface area contributed by atoms with Crippen molar-refractivity contribution in [2.45, 2.75) is 399 Å². The van der Waals surface area contributed by atoms with E-state index in [0.717, 1.165) is 86.7 Å². The van der Waals surface area contributed by atoms with Gasteiger partial charge >= 0.3 is 11.9 Å². The second-order valence-electron chi connectivity index (χ2n) is 41.3. The summed E-state index contributed by atoms with van der Waals surface area (Å²) in [6.45, 7) is 46.4. The lowest BCUT2D eigenvalue weighted by atomic mass is 9.48. The van der Waals surface area contributed by atoms with Gasteiger partial charge in [-0.05, 0) is 308 Å². The molecule has 644 valence electrons. The van der Waals surface area contributed by atoms with E-state index in [0.29, 0.717) is 108 Å². The van der Waals surface area contributed by atoms with Crippen molar-refractivity contribution in [2.24, 2.45) is 141 Å². The molecule has 12 nitrogen and oxygen atoms in total. The number of unbranched alkanes of at least 4 members (excludes halogenated alkanes) is 5. The summed E-state index contributed by atoms with van der Waals surface area (Å²) in [6.07, 6.45) is 47.0. The first-order valence-electron chi connectivity index (χ1n) is 46.5. The van der Waals surface area contributed by atoms with Crippen molar-refractivity contribution in [1.29, 1.82) is 0 Å². The molecule has 0 spiro atoms. The Bertz CT molecular complexity index is 2270. The van der Waals surface area contributed by atoms with E-state index in [1.165, 1.54) is 212 Å². The molecule has 9 fully saturated rings. The number of aliphatic hydroxyl groups is 6. The van der Waals surface area contributed by atoms with E-state index in [1.807, 2.05) is 18.7 Å². The van der Waals surface area contributed by atoms with E-state index >= 15 is 0 Å². The number of esters is 2. The van der Waals surface area contributed by atoms with Crippen LogP contribution in [0.4, 0.5) is 0 Å². The largest absolute Gasteiger partial charge is 0.466 e. The van der Waals surface area contributed by atoms with Crippen LogP contribution in [0.15, 0.2) is 0 Å². The van der Waals surface area contributed by atoms with E-state index in [4.69, 9.17) is 14.2 Å². The SMILES string of the molecule is CC(=O)OCC1CC(C)C(O)C(C)C1.CC(C)(C1CCCCC1)C1CC(C(C)(C)C2CCCCC2)C(O)C(C(C)(C)C2CCCCC2)C1.CC1CC(CN(C)C)CC(C)C1O.CCCCCCCCOCCC1CC(C)C(O)C(C)C1.CCOC(=O)CCC1CC(C)C(O)C(C)C1.CSCC1CC(C)C(O)C(C)C1. The number of hydrogen-bond donors (Lipinski definition) is 6. The van der Waals surface area contributed by atoms with Crippen LogP contribution in [0.2, 0.25) is 0 Å². The van der Waals surface area contributed by atoms with Crippen molar-refractivity contribution in [3.05, 3.63) is 0 Å². The summed E-state index contributed by atoms with van der Waals surface area (Å²) in [7, 11) is 4.25. The molecule has 0 aromatic heterocycles. The van der Waals surface area contributed by atoms with Gasteiger partial charge in [-0.25, -0.2) is 0 Å². The fourth-order valence-electron chi connectivity index (χ4n) is 23.6. The number of carbonyl (C=O) groups excluding carboxylic acids is 2. The first-order chi connectivity index (χ1) is 51.4. The second-order valence-corrected chi connectivity index (χ2v) is 42.2. The van der Waals surface area contributed by atoms with Gasteiger partial charge in [-0.1, -0.05) is 208 Å². The molecule has 12 atom stereocenters. The monoisotopic (exact) mass is 1560 g/mol. The molecule has 9 aliphatic carbocycles. The number of thioether (sulfide) groups is 1. The predicted molar refractivity (Wildman–Crippen MR) is 460 cm³/mol. The maximum atomic E-state index is 12.3. The van der Waals surface area contributed by atoms with Crippen LogP contribution in [-0.2, 0) is 23.8 Å². The van der Waals surface area contributed by atoms with Gasteiger partial charge in [0.1, 0.15) is 0 Å². The molecule has 0 saturated heterocycles. The molecule has 0 radical (unpaired) electrons. The quantitative estimate of drug-likeness (QED) is 0.0355. The lowest BCUT2D eigenvalue weighted by Crippen LogP contribution is -2.55. The van der Waals surface area contributed by atoms with Gasteiger partial charge in [0.05, 0.1) is 49.8 Å². The van der Waals surface area contributed by atoms with Crippen LogP contribution in [0, 0.1) is 141 Å². The first-order valence-corrected chi connectivity index (χ1v) is 47.9. The number of hydrogen-bond acceptors (Lipinski definition) is 13. The maximum absolute atomic E-state index is 12.3. The van der Waals surface area contributed by atoms with Crippen LogP contribution in [0.25, 0.3) is 0 Å². The van der Waals surface area contributed by atoms with Gasteiger partial charge in [-0.2, -0.15) is 11.8 Å². The third-order valence-corrected chi connectivity index (χ3v) is 31.4. The number of aliphatic hydroxyl groups excluding tert-OH is 6. The molecule has 109 heavy (non-hydrogen) atoms. The zero-order valence-electron chi connectivity index (χ0n) is 75.4. The summed E-state index contributed by atoms with van der Waals surface area (Å²) >= 11 is 1.93. The highest BCUT2D eigenvalue weighted by Crippen LogP contribution is 2.61. The second kappa shape index (κ2) is 51.3. The minimum absolute atomic E-state index is 0.0527. The Morgan fingerprint density at radius 1 is 0.394 bits per heavy atom. The number of ether oxygens (including phenoxy) is 3. The predicted octanol–water partition coefficient (Wildman–Crippen LogP) is 22.6. The number of rotatable bonds is 26. The van der Waals surface area contributed by atoms with Crippen molar-refractivity contribution in [3.8, 4) is 0 Å². The Balaban J connectivity index is 0.000000290. The van der Waals surface area contributed by atoms with E-state index in [2.05, 4.69) is 143 Å². The zero-order valence-corrected chi connectivity index (χ0v) is 76.2. The highest BCUT2D eigenvalue weighted by Gasteiger charge is 2.55. The number of nitrogens with zero attached hydrogens (tertiary/aromatic N) is 1. The molecule has 9 rings (SSSR count). The zero-order chi connectivity index (χ0) is 81.3. The molecule has 0 heterocycles. The molecular formula is C96H183NO11S. The third-order valence-electron chi connectivity index (χ3n) is 30.6. The van der Waals surface area contributed by atoms with Crippen molar-refractivity contribution in [3.63, 3.8) is 0 Å². The highest BCUT2D eigenvalue weighted by molar-refractivity contribution is 7.98. The Hall–Kier alpha value is -1.03. The van der Waals surface area contributed by atoms with E-state index in [9.17, 15) is 40.2 Å². The van der Waals surface area contributed by atoms with Gasteiger partial charge in [0, 0.05) is 33.1 Å². The third kappa shape index (κ3) is 34.1. The van der Waals surface area contributed by atoms with Crippen molar-refractivity contribution >= 4 is 23.7 Å². The fourth-order valence-corrected chi connectivity index (χ4v) is 24.3. The summed E-state index contributed by atoms with van der Waals surface area (Å²) in [4.78, 5) is 24.1. The Morgan fingerprint density at radius 2 is 0.734 bits per heavy atom. The van der Waals surface area contributed by atoms with Crippen LogP contribution >= 0.6 is 11.8 Å². The Kier molecular flexibility index (Phi) is 47.3. The number of carbonyl (C=O) groups is 2. The van der Waals surface area contributed by atoms with Crippen LogP contribution in [-0.4, -0.2) is 143 Å². The molecule has 0 aromatic rings. The summed E-state index contributed by atoms with van der Waals surface area (Å²) in [6, 6.07) is 0. The van der Waals surface area contributed by atoms with Gasteiger partial charge < -0.3 is 49.7 Å². The highest BCUT2D eigenvalue weighted by atomic mass is 32.2. The van der Waals surface area contributed by atoms with Crippen molar-refractivity contribution in [2.75, 3.05) is 59.1 Å². The average molecular weight is 1560 g/mol. The minimum atomic E-state index is -0.212. The van der Waals surface area contributed by atoms with Gasteiger partial charge in [0.25, 0.3) is 0 Å². The fraction of sp³-hybridized carbons (Fsp3) is 0.979. The minimum Gasteiger partial charge on any atom is -0.466 e. The smallest absolute Gasteiger partial charge is 0.305 e. The van der Waals surface area contributed by atoms with Gasteiger partial charge in [-0.3, -0.25) is 9.59 Å². The van der Waals surface area contributed by atoms with Crippen molar-refractivity contribution < 1.29 is 54.4 Å². The Labute approximate surface area is 678 Å². The molecule has 0 bridgehead atoms. The van der Waals surface area contributed by atoms with Crippen LogP contribution in [0.1, 0.15) is 363 Å². The lowest BCUT2D eigenvalue weighted by molar-refractivity contribution is -0.144. The average Bonchev–Trinajstić information content (AvgIpc) is 0.740. The van der Waals surface area contributed by atoms with Crippen LogP contribution < -0.4 is 0 Å². The molecule has 0 amide bonds. The molecule has 0 aromatic carbocycles. The van der Waals surface area contributed by atoms with E-state index in [1.54, 1.807) is 0 Å². The van der Waals surface area contributed by atoms with Crippen LogP contribution in [0.5, 0.6) is 0 Å². The van der Waals surface area contributed by atoms with Gasteiger partial charge in [0.15, 0.2) is 0 Å². The topological polar surface area (TPSA) is 186 Å². The summed E-state index contributed by atoms with van der Waals surface area (Å²) in [5.41, 5.74) is 0.909. The van der Waals surface area contributed by atoms with Crippen LogP contribution in [0.3, 0.4) is 0 Å². The normalized spacial score (nSPS) is 35.9. The first kappa shape index (κ1) is 100. The molecule has 6 N–H and O–H groups in total. The summed E-state index contributed by atoms with van der Waals surface area (Å²) < 4.78 is 15.7. The molecule has 12 unspecified atom stereocenters. The molecular weight excluding hydrogens is 1380 g/mol. The summed E-state index contributed by atoms with van der Waals surface area (Å²) in [5, 5.41) is 61.3. The maximum Gasteiger partial charge on any atom is 0.305 e. The van der Waals surface area contributed by atoms with E-state index < -0.39 is 0 Å². The Morgan fingerprint density at radius 3 is 1.09 bits per heavy atom.